The van der Waals surface area contributed by atoms with E-state index >= 15 is 0 Å². The van der Waals surface area contributed by atoms with E-state index in [1.807, 2.05) is 0 Å². The summed E-state index contributed by atoms with van der Waals surface area (Å²) in [5.41, 5.74) is -0.00162. The molecule has 2 aromatic rings. The Labute approximate surface area is 111 Å². The molecular formula is C11H9BrF2N4. The zero-order valence-electron chi connectivity index (χ0n) is 9.34. The van der Waals surface area contributed by atoms with Gasteiger partial charge in [-0.1, -0.05) is 0 Å². The van der Waals surface area contributed by atoms with Crippen molar-refractivity contribution in [3.05, 3.63) is 40.6 Å². The summed E-state index contributed by atoms with van der Waals surface area (Å²) in [6.45, 7) is 0. The zero-order valence-corrected chi connectivity index (χ0v) is 10.9. The van der Waals surface area contributed by atoms with Crippen LogP contribution < -0.4 is 10.6 Å². The molecule has 0 amide bonds. The molecule has 0 spiro atoms. The molecule has 0 aliphatic heterocycles. The maximum Gasteiger partial charge on any atom is 0.151 e. The number of aromatic nitrogens is 2. The normalized spacial score (nSPS) is 10.2. The van der Waals surface area contributed by atoms with E-state index in [0.29, 0.717) is 11.6 Å². The first-order chi connectivity index (χ1) is 8.60. The van der Waals surface area contributed by atoms with E-state index in [1.54, 1.807) is 7.05 Å². The standard InChI is InChI=1S/C11H9BrF2N4/c1-15-10-4-16-5-11(18-10)17-9-3-7(13)6(12)2-8(9)14/h2-5H,1H3,(H2,15,17,18). The molecule has 0 saturated heterocycles. The maximum atomic E-state index is 13.6. The molecule has 1 aromatic heterocycles. The van der Waals surface area contributed by atoms with Crippen molar-refractivity contribution in [2.24, 2.45) is 0 Å². The highest BCUT2D eigenvalue weighted by Gasteiger charge is 2.09. The summed E-state index contributed by atoms with van der Waals surface area (Å²) in [5, 5.41) is 5.46. The predicted octanol–water partition coefficient (Wildman–Crippen LogP) is 3.30. The van der Waals surface area contributed by atoms with E-state index in [-0.39, 0.29) is 10.2 Å². The van der Waals surface area contributed by atoms with Crippen LogP contribution in [-0.2, 0) is 0 Å². The van der Waals surface area contributed by atoms with Gasteiger partial charge in [0.25, 0.3) is 0 Å². The van der Waals surface area contributed by atoms with Gasteiger partial charge < -0.3 is 10.6 Å². The van der Waals surface area contributed by atoms with Gasteiger partial charge in [0.1, 0.15) is 17.5 Å². The smallest absolute Gasteiger partial charge is 0.151 e. The van der Waals surface area contributed by atoms with Gasteiger partial charge in [-0.15, -0.1) is 0 Å². The van der Waals surface area contributed by atoms with E-state index in [1.165, 1.54) is 12.4 Å². The molecule has 4 nitrogen and oxygen atoms in total. The molecule has 1 heterocycles. The van der Waals surface area contributed by atoms with Crippen molar-refractivity contribution in [2.45, 2.75) is 0 Å². The van der Waals surface area contributed by atoms with Crippen molar-refractivity contribution >= 4 is 33.3 Å². The lowest BCUT2D eigenvalue weighted by Gasteiger charge is -2.08. The molecule has 0 fully saturated rings. The van der Waals surface area contributed by atoms with Crippen LogP contribution in [-0.4, -0.2) is 17.0 Å². The minimum absolute atomic E-state index is 0.00162. The average molecular weight is 315 g/mol. The van der Waals surface area contributed by atoms with E-state index in [4.69, 9.17) is 0 Å². The molecule has 0 bridgehead atoms. The molecule has 2 rings (SSSR count). The molecular weight excluding hydrogens is 306 g/mol. The Morgan fingerprint density at radius 1 is 1.11 bits per heavy atom. The van der Waals surface area contributed by atoms with Crippen LogP contribution in [0.2, 0.25) is 0 Å². The molecule has 0 saturated carbocycles. The monoisotopic (exact) mass is 314 g/mol. The van der Waals surface area contributed by atoms with Crippen molar-refractivity contribution in [2.75, 3.05) is 17.7 Å². The third-order valence-electron chi connectivity index (χ3n) is 2.16. The first-order valence-corrected chi connectivity index (χ1v) is 5.81. The quantitative estimate of drug-likeness (QED) is 0.853. The van der Waals surface area contributed by atoms with Crippen LogP contribution >= 0.6 is 15.9 Å². The Bertz CT molecular complexity index is 577. The fraction of sp³-hybridized carbons (Fsp3) is 0.0909. The Morgan fingerprint density at radius 2 is 1.83 bits per heavy atom. The number of anilines is 3. The minimum atomic E-state index is -0.583. The van der Waals surface area contributed by atoms with Crippen molar-refractivity contribution in [3.63, 3.8) is 0 Å². The molecule has 1 aromatic carbocycles. The van der Waals surface area contributed by atoms with Crippen molar-refractivity contribution in [1.29, 1.82) is 0 Å². The van der Waals surface area contributed by atoms with Gasteiger partial charge in [-0.2, -0.15) is 0 Å². The number of hydrogen-bond acceptors (Lipinski definition) is 4. The SMILES string of the molecule is CNc1cncc(Nc2cc(F)c(Br)cc2F)n1. The van der Waals surface area contributed by atoms with Gasteiger partial charge in [0.2, 0.25) is 0 Å². The second-order valence-electron chi connectivity index (χ2n) is 3.41. The topological polar surface area (TPSA) is 49.8 Å². The Balaban J connectivity index is 2.30. The molecule has 0 aliphatic rings. The third kappa shape index (κ3) is 2.73. The van der Waals surface area contributed by atoms with Gasteiger partial charge >= 0.3 is 0 Å². The Hall–Kier alpha value is -1.76. The largest absolute Gasteiger partial charge is 0.372 e. The summed E-state index contributed by atoms with van der Waals surface area (Å²) in [6, 6.07) is 2.10. The first kappa shape index (κ1) is 12.7. The third-order valence-corrected chi connectivity index (χ3v) is 2.77. The molecule has 0 aliphatic carbocycles. The van der Waals surface area contributed by atoms with Crippen LogP contribution in [0.4, 0.5) is 26.1 Å². The number of nitrogens with zero attached hydrogens (tertiary/aromatic N) is 2. The van der Waals surface area contributed by atoms with Gasteiger partial charge in [-0.05, 0) is 22.0 Å². The van der Waals surface area contributed by atoms with Crippen LogP contribution in [0.1, 0.15) is 0 Å². The van der Waals surface area contributed by atoms with Gasteiger partial charge in [0.15, 0.2) is 5.82 Å². The van der Waals surface area contributed by atoms with Crippen LogP contribution in [0.5, 0.6) is 0 Å². The number of halogens is 3. The number of benzene rings is 1. The van der Waals surface area contributed by atoms with Gasteiger partial charge in [0, 0.05) is 13.1 Å². The second-order valence-corrected chi connectivity index (χ2v) is 4.27. The van der Waals surface area contributed by atoms with Crippen LogP contribution in [0.15, 0.2) is 29.0 Å². The van der Waals surface area contributed by atoms with E-state index < -0.39 is 11.6 Å². The minimum Gasteiger partial charge on any atom is -0.372 e. The van der Waals surface area contributed by atoms with Crippen LogP contribution in [0, 0.1) is 11.6 Å². The summed E-state index contributed by atoms with van der Waals surface area (Å²) in [5.74, 6) is -0.294. The van der Waals surface area contributed by atoms with Gasteiger partial charge in [0.05, 0.1) is 22.6 Å². The summed E-state index contributed by atoms with van der Waals surface area (Å²) in [4.78, 5) is 8.00. The lowest BCUT2D eigenvalue weighted by atomic mass is 10.3. The number of nitrogens with one attached hydrogen (secondary N) is 2. The van der Waals surface area contributed by atoms with Crippen molar-refractivity contribution < 1.29 is 8.78 Å². The lowest BCUT2D eigenvalue weighted by Crippen LogP contribution is -2.01. The highest BCUT2D eigenvalue weighted by molar-refractivity contribution is 9.10. The molecule has 0 atom stereocenters. The first-order valence-electron chi connectivity index (χ1n) is 5.01. The Morgan fingerprint density at radius 3 is 2.56 bits per heavy atom. The van der Waals surface area contributed by atoms with Crippen LogP contribution in [0.3, 0.4) is 0 Å². The molecule has 2 N–H and O–H groups in total. The fourth-order valence-corrected chi connectivity index (χ4v) is 1.62. The molecule has 18 heavy (non-hydrogen) atoms. The number of rotatable bonds is 3. The van der Waals surface area contributed by atoms with Crippen LogP contribution in [0.25, 0.3) is 0 Å². The Kier molecular flexibility index (Phi) is 3.71. The fourth-order valence-electron chi connectivity index (χ4n) is 1.30. The van der Waals surface area contributed by atoms with E-state index in [0.717, 1.165) is 12.1 Å². The summed E-state index contributed by atoms with van der Waals surface area (Å²) in [6.07, 6.45) is 2.93. The molecule has 0 radical (unpaired) electrons. The van der Waals surface area contributed by atoms with Crippen molar-refractivity contribution in [1.82, 2.24) is 9.97 Å². The summed E-state index contributed by atoms with van der Waals surface area (Å²) in [7, 11) is 1.69. The second kappa shape index (κ2) is 5.26. The lowest BCUT2D eigenvalue weighted by molar-refractivity contribution is 0.597. The maximum absolute atomic E-state index is 13.6. The van der Waals surface area contributed by atoms with Gasteiger partial charge in [-0.25, -0.2) is 13.8 Å². The summed E-state index contributed by atoms with van der Waals surface area (Å²) < 4.78 is 27.0. The molecule has 94 valence electrons. The molecule has 7 heteroatoms. The highest BCUT2D eigenvalue weighted by atomic mass is 79.9. The highest BCUT2D eigenvalue weighted by Crippen LogP contribution is 2.25. The van der Waals surface area contributed by atoms with Gasteiger partial charge in [-0.3, -0.25) is 4.98 Å². The predicted molar refractivity (Wildman–Crippen MR) is 68.9 cm³/mol. The van der Waals surface area contributed by atoms with Crippen molar-refractivity contribution in [3.8, 4) is 0 Å². The van der Waals surface area contributed by atoms with E-state index in [9.17, 15) is 8.78 Å². The summed E-state index contributed by atoms with van der Waals surface area (Å²) >= 11 is 2.91. The number of hydrogen-bond donors (Lipinski definition) is 2. The zero-order chi connectivity index (χ0) is 13.1. The molecule has 0 unspecified atom stereocenters. The average Bonchev–Trinajstić information content (AvgIpc) is 2.36. The van der Waals surface area contributed by atoms with E-state index in [2.05, 4.69) is 36.5 Å².